The van der Waals surface area contributed by atoms with Crippen LogP contribution in [0.4, 0.5) is 5.69 Å². The summed E-state index contributed by atoms with van der Waals surface area (Å²) in [5.41, 5.74) is 1.54. The highest BCUT2D eigenvalue weighted by Crippen LogP contribution is 2.30. The second-order valence-electron chi connectivity index (χ2n) is 5.13. The first kappa shape index (κ1) is 16.4. The van der Waals surface area contributed by atoms with Crippen LogP contribution in [0.1, 0.15) is 23.5 Å². The molecule has 7 nitrogen and oxygen atoms in total. The molecular formula is C16H16N2O5. The Morgan fingerprint density at radius 1 is 1.22 bits per heavy atom. The first-order valence-corrected chi connectivity index (χ1v) is 6.89. The van der Waals surface area contributed by atoms with E-state index in [0.29, 0.717) is 0 Å². The first-order chi connectivity index (χ1) is 10.9. The Bertz CT molecular complexity index is 733. The lowest BCUT2D eigenvalue weighted by atomic mass is 9.88. The molecule has 1 aromatic heterocycles. The zero-order valence-corrected chi connectivity index (χ0v) is 12.8. The summed E-state index contributed by atoms with van der Waals surface area (Å²) in [7, 11) is 3.00. The van der Waals surface area contributed by atoms with Crippen LogP contribution in [0.25, 0.3) is 0 Å². The normalized spacial score (nSPS) is 11.7. The van der Waals surface area contributed by atoms with Crippen LogP contribution >= 0.6 is 0 Å². The molecule has 2 aromatic rings. The van der Waals surface area contributed by atoms with Gasteiger partial charge in [-0.2, -0.15) is 0 Å². The number of ketones is 1. The molecule has 1 heterocycles. The summed E-state index contributed by atoms with van der Waals surface area (Å²) in [6, 6.07) is 7.80. The zero-order valence-electron chi connectivity index (χ0n) is 12.8. The minimum atomic E-state index is -0.896. The minimum Gasteiger partial charge on any atom is -0.463 e. The van der Waals surface area contributed by atoms with Crippen molar-refractivity contribution in [2.75, 3.05) is 7.11 Å². The van der Waals surface area contributed by atoms with E-state index in [2.05, 4.69) is 4.74 Å². The second kappa shape index (κ2) is 6.87. The van der Waals surface area contributed by atoms with E-state index in [1.165, 1.54) is 12.1 Å². The van der Waals surface area contributed by atoms with Crippen LogP contribution in [0.3, 0.4) is 0 Å². The van der Waals surface area contributed by atoms with Gasteiger partial charge in [-0.05, 0) is 17.2 Å². The number of aryl methyl sites for hydroxylation is 1. The highest BCUT2D eigenvalue weighted by Gasteiger charge is 2.24. The van der Waals surface area contributed by atoms with E-state index in [4.69, 9.17) is 0 Å². The lowest BCUT2D eigenvalue weighted by Gasteiger charge is -2.15. The van der Waals surface area contributed by atoms with E-state index in [-0.39, 0.29) is 18.0 Å². The summed E-state index contributed by atoms with van der Waals surface area (Å²) in [4.78, 5) is 33.6. The third-order valence-electron chi connectivity index (χ3n) is 3.57. The van der Waals surface area contributed by atoms with Crippen molar-refractivity contribution in [2.45, 2.75) is 12.3 Å². The van der Waals surface area contributed by atoms with Gasteiger partial charge in [-0.25, -0.2) is 4.79 Å². The van der Waals surface area contributed by atoms with Crippen molar-refractivity contribution < 1.29 is 19.2 Å². The lowest BCUT2D eigenvalue weighted by Crippen LogP contribution is -2.19. The van der Waals surface area contributed by atoms with Crippen LogP contribution in [0.5, 0.6) is 0 Å². The molecule has 0 fully saturated rings. The molecule has 0 saturated carbocycles. The Hall–Kier alpha value is -2.96. The number of nitrogens with zero attached hydrogens (tertiary/aromatic N) is 2. The summed E-state index contributed by atoms with van der Waals surface area (Å²) in [6.45, 7) is 0. The monoisotopic (exact) mass is 316 g/mol. The molecule has 0 radical (unpaired) electrons. The number of Topliss-reactive ketones (excluding diaryl/α,β-unsaturated/α-hetero) is 1. The fraction of sp³-hybridized carbons (Fsp3) is 0.250. The molecule has 7 heteroatoms. The summed E-state index contributed by atoms with van der Waals surface area (Å²) in [6.07, 6.45) is 3.61. The molecular weight excluding hydrogens is 300 g/mol. The maximum atomic E-state index is 11.9. The number of nitro groups is 1. The van der Waals surface area contributed by atoms with Crippen LogP contribution < -0.4 is 0 Å². The predicted octanol–water partition coefficient (Wildman–Crippen LogP) is 2.20. The molecule has 0 spiro atoms. The van der Waals surface area contributed by atoms with Gasteiger partial charge in [0.2, 0.25) is 5.78 Å². The van der Waals surface area contributed by atoms with Gasteiger partial charge in [0, 0.05) is 43.9 Å². The molecule has 0 unspecified atom stereocenters. The average Bonchev–Trinajstić information content (AvgIpc) is 2.97. The zero-order chi connectivity index (χ0) is 17.0. The fourth-order valence-electron chi connectivity index (χ4n) is 2.37. The van der Waals surface area contributed by atoms with Crippen LogP contribution in [0, 0.1) is 10.1 Å². The largest absolute Gasteiger partial charge is 0.463 e. The number of hydrogen-bond acceptors (Lipinski definition) is 5. The van der Waals surface area contributed by atoms with Crippen LogP contribution in [0.2, 0.25) is 0 Å². The summed E-state index contributed by atoms with van der Waals surface area (Å²) >= 11 is 0. The maximum Gasteiger partial charge on any atom is 0.374 e. The van der Waals surface area contributed by atoms with Gasteiger partial charge >= 0.3 is 5.97 Å². The van der Waals surface area contributed by atoms with E-state index in [1.54, 1.807) is 12.1 Å². The fourth-order valence-corrected chi connectivity index (χ4v) is 2.37. The number of non-ortho nitro benzene ring substituents is 1. The van der Waals surface area contributed by atoms with Crippen molar-refractivity contribution >= 4 is 17.4 Å². The Balaban J connectivity index is 2.35. The number of benzene rings is 1. The molecule has 0 saturated heterocycles. The van der Waals surface area contributed by atoms with Crippen molar-refractivity contribution in [3.8, 4) is 0 Å². The van der Waals surface area contributed by atoms with Gasteiger partial charge in [-0.15, -0.1) is 0 Å². The number of carbonyl (C=O) groups excluding carboxylic acids is 2. The highest BCUT2D eigenvalue weighted by molar-refractivity contribution is 6.33. The molecule has 23 heavy (non-hydrogen) atoms. The molecule has 0 amide bonds. The maximum absolute atomic E-state index is 11.9. The van der Waals surface area contributed by atoms with Crippen LogP contribution in [-0.4, -0.2) is 28.4 Å². The van der Waals surface area contributed by atoms with E-state index in [9.17, 15) is 19.7 Å². The molecule has 1 aromatic carbocycles. The highest BCUT2D eigenvalue weighted by atomic mass is 16.6. The van der Waals surface area contributed by atoms with Crippen molar-refractivity contribution in [2.24, 2.45) is 7.05 Å². The Morgan fingerprint density at radius 2 is 1.87 bits per heavy atom. The molecule has 0 bridgehead atoms. The SMILES string of the molecule is COC(=O)C(=O)C[C@H](c1ccc([N+](=O)[O-])cc1)c1ccn(C)c1. The second-order valence-corrected chi connectivity index (χ2v) is 5.13. The molecule has 2 rings (SSSR count). The van der Waals surface area contributed by atoms with Gasteiger partial charge in [0.05, 0.1) is 12.0 Å². The van der Waals surface area contributed by atoms with Gasteiger partial charge in [-0.3, -0.25) is 14.9 Å². The van der Waals surface area contributed by atoms with Crippen molar-refractivity contribution in [1.29, 1.82) is 0 Å². The summed E-state index contributed by atoms with van der Waals surface area (Å²) in [5, 5.41) is 10.7. The van der Waals surface area contributed by atoms with Crippen molar-refractivity contribution in [3.63, 3.8) is 0 Å². The molecule has 120 valence electrons. The van der Waals surface area contributed by atoms with Gasteiger partial charge < -0.3 is 9.30 Å². The molecule has 0 aliphatic carbocycles. The topological polar surface area (TPSA) is 91.4 Å². The molecule has 1 atom stereocenters. The molecule has 0 aliphatic heterocycles. The number of rotatable bonds is 6. The number of nitro benzene ring substituents is 1. The van der Waals surface area contributed by atoms with Crippen LogP contribution in [0.15, 0.2) is 42.7 Å². The van der Waals surface area contributed by atoms with E-state index < -0.39 is 16.7 Å². The van der Waals surface area contributed by atoms with E-state index in [1.807, 2.05) is 30.1 Å². The minimum absolute atomic E-state index is 0.0279. The molecule has 0 aliphatic rings. The van der Waals surface area contributed by atoms with Crippen molar-refractivity contribution in [3.05, 3.63) is 64.0 Å². The molecule has 0 N–H and O–H groups in total. The Morgan fingerprint density at radius 3 is 2.35 bits per heavy atom. The predicted molar refractivity (Wildman–Crippen MR) is 82.0 cm³/mol. The van der Waals surface area contributed by atoms with Gasteiger partial charge in [0.1, 0.15) is 0 Å². The van der Waals surface area contributed by atoms with E-state index in [0.717, 1.165) is 18.2 Å². The quantitative estimate of drug-likeness (QED) is 0.352. The smallest absolute Gasteiger partial charge is 0.374 e. The van der Waals surface area contributed by atoms with E-state index >= 15 is 0 Å². The standard InChI is InChI=1S/C16H16N2O5/c1-17-8-7-12(10-17)14(9-15(19)16(20)23-2)11-3-5-13(6-4-11)18(21)22/h3-8,10,14H,9H2,1-2H3/t14-/m1/s1. The van der Waals surface area contributed by atoms with Crippen molar-refractivity contribution in [1.82, 2.24) is 4.57 Å². The number of aromatic nitrogens is 1. The van der Waals surface area contributed by atoms with Gasteiger partial charge in [-0.1, -0.05) is 12.1 Å². The third-order valence-corrected chi connectivity index (χ3v) is 3.57. The summed E-state index contributed by atoms with van der Waals surface area (Å²) in [5.74, 6) is -1.91. The average molecular weight is 316 g/mol. The third kappa shape index (κ3) is 3.82. The number of hydrogen-bond donors (Lipinski definition) is 0. The summed E-state index contributed by atoms with van der Waals surface area (Å²) < 4.78 is 6.29. The Kier molecular flexibility index (Phi) is 4.90. The number of ether oxygens (including phenoxy) is 1. The number of esters is 1. The Labute approximate surface area is 132 Å². The number of carbonyl (C=O) groups is 2. The lowest BCUT2D eigenvalue weighted by molar-refractivity contribution is -0.384. The first-order valence-electron chi connectivity index (χ1n) is 6.89. The number of methoxy groups -OCH3 is 1. The van der Waals surface area contributed by atoms with Gasteiger partial charge in [0.15, 0.2) is 0 Å². The van der Waals surface area contributed by atoms with Gasteiger partial charge in [0.25, 0.3) is 5.69 Å². The van der Waals surface area contributed by atoms with Crippen LogP contribution in [-0.2, 0) is 21.4 Å².